The average Bonchev–Trinajstić information content (AvgIpc) is 2.88. The largest absolute Gasteiger partial charge is 0.458 e. The van der Waals surface area contributed by atoms with Crippen molar-refractivity contribution in [1.82, 2.24) is 0 Å². The van der Waals surface area contributed by atoms with Gasteiger partial charge in [0, 0.05) is 30.8 Å². The molecule has 0 amide bonds. The molecule has 0 radical (unpaired) electrons. The van der Waals surface area contributed by atoms with Crippen LogP contribution >= 0.6 is 0 Å². The number of rotatable bonds is 11. The van der Waals surface area contributed by atoms with Crippen LogP contribution in [0.3, 0.4) is 0 Å². The third-order valence-electron chi connectivity index (χ3n) is 6.07. The summed E-state index contributed by atoms with van der Waals surface area (Å²) in [4.78, 5) is 19.1. The minimum absolute atomic E-state index is 0.155. The van der Waals surface area contributed by atoms with E-state index in [0.717, 1.165) is 42.7 Å². The van der Waals surface area contributed by atoms with Gasteiger partial charge in [-0.25, -0.2) is 4.79 Å². The molecule has 1 aliphatic rings. The van der Waals surface area contributed by atoms with Gasteiger partial charge in [0.2, 0.25) is 0 Å². The summed E-state index contributed by atoms with van der Waals surface area (Å²) in [6.45, 7) is 8.90. The summed E-state index contributed by atoms with van der Waals surface area (Å²) in [5.41, 5.74) is 0.994. The summed E-state index contributed by atoms with van der Waals surface area (Å²) in [5, 5.41) is 0. The Morgan fingerprint density at radius 3 is 2.19 bits per heavy atom. The van der Waals surface area contributed by atoms with Gasteiger partial charge in [0.15, 0.2) is 11.8 Å². The molecule has 194 valence electrons. The molecule has 2 aromatic carbocycles. The van der Waals surface area contributed by atoms with Gasteiger partial charge in [-0.3, -0.25) is 4.99 Å². The van der Waals surface area contributed by atoms with Crippen LogP contribution in [0.5, 0.6) is 0 Å². The van der Waals surface area contributed by atoms with Crippen LogP contribution in [-0.4, -0.2) is 42.3 Å². The summed E-state index contributed by atoms with van der Waals surface area (Å²) in [5.74, 6) is -0.314. The minimum Gasteiger partial charge on any atom is -0.458 e. The fourth-order valence-corrected chi connectivity index (χ4v) is 4.24. The predicted octanol–water partition coefficient (Wildman–Crippen LogP) is 6.89. The molecule has 0 bridgehead atoms. The summed E-state index contributed by atoms with van der Waals surface area (Å²) in [7, 11) is 0. The fraction of sp³-hybridized carbons (Fsp3) is 0.484. The molecule has 3 rings (SSSR count). The van der Waals surface area contributed by atoms with E-state index < -0.39 is 11.1 Å². The Bertz CT molecular complexity index is 947. The van der Waals surface area contributed by atoms with E-state index in [2.05, 4.69) is 0 Å². The monoisotopic (exact) mass is 491 g/mol. The van der Waals surface area contributed by atoms with Gasteiger partial charge in [0.05, 0.1) is 5.71 Å². The van der Waals surface area contributed by atoms with Gasteiger partial charge in [-0.05, 0) is 59.8 Å². The Kier molecular flexibility index (Phi) is 10.4. The maximum Gasteiger partial charge on any atom is 0.334 e. The summed E-state index contributed by atoms with van der Waals surface area (Å²) >= 11 is 0. The number of allylic oxidation sites excluding steroid dienone is 1. The Morgan fingerprint density at radius 2 is 1.67 bits per heavy atom. The van der Waals surface area contributed by atoms with Crippen molar-refractivity contribution in [2.45, 2.75) is 83.6 Å². The van der Waals surface area contributed by atoms with E-state index in [-0.39, 0.29) is 12.3 Å². The summed E-state index contributed by atoms with van der Waals surface area (Å²) < 4.78 is 17.7. The van der Waals surface area contributed by atoms with Crippen LogP contribution in [0, 0.1) is 0 Å². The molecule has 2 atom stereocenters. The normalized spacial score (nSPS) is 17.9. The third-order valence-corrected chi connectivity index (χ3v) is 6.07. The molecule has 2 unspecified atom stereocenters. The van der Waals surface area contributed by atoms with Crippen LogP contribution < -0.4 is 0 Å². The molecule has 1 saturated heterocycles. The van der Waals surface area contributed by atoms with E-state index >= 15 is 0 Å². The number of nitrogens with zero attached hydrogens (tertiary/aromatic N) is 1. The Morgan fingerprint density at radius 1 is 1.03 bits per heavy atom. The van der Waals surface area contributed by atoms with Crippen molar-refractivity contribution in [2.24, 2.45) is 4.99 Å². The van der Waals surface area contributed by atoms with Crippen LogP contribution in [0.1, 0.15) is 77.3 Å². The van der Waals surface area contributed by atoms with Crippen molar-refractivity contribution in [3.05, 3.63) is 83.9 Å². The average molecular weight is 492 g/mol. The first-order chi connectivity index (χ1) is 17.3. The number of carbonyl (C=O) groups excluding carboxylic acids is 1. The first-order valence-corrected chi connectivity index (χ1v) is 13.1. The lowest BCUT2D eigenvalue weighted by Gasteiger charge is -2.32. The first kappa shape index (κ1) is 27.8. The molecule has 5 heteroatoms. The number of aliphatic imine (C=N–C) groups is 1. The van der Waals surface area contributed by atoms with Crippen LogP contribution in [0.15, 0.2) is 77.8 Å². The second kappa shape index (κ2) is 13.5. The molecular formula is C31H41NO4. The maximum absolute atomic E-state index is 13.9. The highest BCUT2D eigenvalue weighted by molar-refractivity contribution is 6.13. The molecule has 0 aromatic heterocycles. The van der Waals surface area contributed by atoms with E-state index in [9.17, 15) is 4.79 Å². The number of esters is 1. The van der Waals surface area contributed by atoms with Gasteiger partial charge in [-0.1, -0.05) is 72.8 Å². The Hall–Kier alpha value is -2.76. The van der Waals surface area contributed by atoms with Gasteiger partial charge < -0.3 is 14.2 Å². The number of benzene rings is 2. The minimum atomic E-state index is -1.09. The van der Waals surface area contributed by atoms with Gasteiger partial charge in [0.25, 0.3) is 0 Å². The van der Waals surface area contributed by atoms with Crippen LogP contribution in [0.2, 0.25) is 0 Å². The van der Waals surface area contributed by atoms with Gasteiger partial charge >= 0.3 is 5.97 Å². The highest BCUT2D eigenvalue weighted by Crippen LogP contribution is 2.30. The van der Waals surface area contributed by atoms with E-state index in [0.29, 0.717) is 25.9 Å². The topological polar surface area (TPSA) is 57.1 Å². The Balaban J connectivity index is 2.00. The van der Waals surface area contributed by atoms with Gasteiger partial charge in [-0.2, -0.15) is 0 Å². The molecule has 1 heterocycles. The maximum atomic E-state index is 13.9. The molecule has 0 N–H and O–H groups in total. The lowest BCUT2D eigenvalue weighted by molar-refractivity contribution is -0.166. The van der Waals surface area contributed by atoms with Crippen molar-refractivity contribution >= 4 is 11.7 Å². The summed E-state index contributed by atoms with van der Waals surface area (Å²) in [6.07, 6.45) is 8.55. The quantitative estimate of drug-likeness (QED) is 0.149. The van der Waals surface area contributed by atoms with Gasteiger partial charge in [0.1, 0.15) is 5.60 Å². The zero-order chi connectivity index (χ0) is 25.9. The molecule has 5 nitrogen and oxygen atoms in total. The van der Waals surface area contributed by atoms with Crippen LogP contribution in [-0.2, 0) is 19.0 Å². The molecule has 1 aliphatic heterocycles. The van der Waals surface area contributed by atoms with E-state index in [1.54, 1.807) is 0 Å². The van der Waals surface area contributed by atoms with Crippen molar-refractivity contribution in [3.63, 3.8) is 0 Å². The first-order valence-electron chi connectivity index (χ1n) is 13.1. The third kappa shape index (κ3) is 8.42. The highest BCUT2D eigenvalue weighted by Gasteiger charge is 2.41. The van der Waals surface area contributed by atoms with E-state index in [4.69, 9.17) is 19.2 Å². The number of ether oxygens (including phenoxy) is 3. The summed E-state index contributed by atoms with van der Waals surface area (Å²) in [6, 6.07) is 20.1. The lowest BCUT2D eigenvalue weighted by atomic mass is 9.88. The zero-order valence-electron chi connectivity index (χ0n) is 22.2. The van der Waals surface area contributed by atoms with E-state index in [1.165, 1.54) is 0 Å². The zero-order valence-corrected chi connectivity index (χ0v) is 22.2. The SMILES string of the molecule is C/C=C/CC(CCCOC1CCCCO1)(N=C(c1ccccc1)c1ccccc1)C(=O)OC(C)(C)C. The lowest BCUT2D eigenvalue weighted by Crippen LogP contribution is -2.43. The number of hydrogen-bond donors (Lipinski definition) is 0. The van der Waals surface area contributed by atoms with Crippen LogP contribution in [0.4, 0.5) is 0 Å². The molecular weight excluding hydrogens is 450 g/mol. The predicted molar refractivity (Wildman–Crippen MR) is 145 cm³/mol. The molecule has 2 aromatic rings. The highest BCUT2D eigenvalue weighted by atomic mass is 16.7. The van der Waals surface area contributed by atoms with Crippen LogP contribution in [0.25, 0.3) is 0 Å². The number of carbonyl (C=O) groups is 1. The van der Waals surface area contributed by atoms with Gasteiger partial charge in [-0.15, -0.1) is 0 Å². The molecule has 36 heavy (non-hydrogen) atoms. The Labute approximate surface area is 216 Å². The molecule has 0 spiro atoms. The second-order valence-corrected chi connectivity index (χ2v) is 10.3. The fourth-order valence-electron chi connectivity index (χ4n) is 4.24. The number of hydrogen-bond acceptors (Lipinski definition) is 5. The standard InChI is InChI=1S/C31H41NO4/c1-5-6-21-31(29(33)36-30(2,3)4,22-15-24-35-27-20-13-14-23-34-27)32-28(25-16-9-7-10-17-25)26-18-11-8-12-19-26/h5-12,16-19,27H,13-15,20-24H2,1-4H3/b6-5+. The van der Waals surface area contributed by atoms with E-state index in [1.807, 2.05) is 101 Å². The molecule has 1 fully saturated rings. The second-order valence-electron chi connectivity index (χ2n) is 10.3. The molecule has 0 aliphatic carbocycles. The molecule has 0 saturated carbocycles. The van der Waals surface area contributed by atoms with Crippen molar-refractivity contribution < 1.29 is 19.0 Å². The smallest absolute Gasteiger partial charge is 0.334 e. The van der Waals surface area contributed by atoms with Crippen molar-refractivity contribution in [2.75, 3.05) is 13.2 Å². The van der Waals surface area contributed by atoms with Crippen molar-refractivity contribution in [1.29, 1.82) is 0 Å². The van der Waals surface area contributed by atoms with Crippen molar-refractivity contribution in [3.8, 4) is 0 Å².